The summed E-state index contributed by atoms with van der Waals surface area (Å²) in [7, 11) is 0. The molecular formula is C10H16ClFN4O. The van der Waals surface area contributed by atoms with Gasteiger partial charge in [-0.15, -0.1) is 0 Å². The Balaban J connectivity index is 0.00000121. The first kappa shape index (κ1) is 15.6. The molecule has 0 aliphatic rings. The lowest BCUT2D eigenvalue weighted by atomic mass is 10.4. The summed E-state index contributed by atoms with van der Waals surface area (Å²) >= 11 is 5.46. The SMILES string of the molecule is CC.N/C(=C\N(N)c1ccnc(Cl)c1F)CO. The molecule has 5 N–H and O–H groups in total. The fourth-order valence-electron chi connectivity index (χ4n) is 0.897. The molecule has 0 spiro atoms. The Labute approximate surface area is 104 Å². The zero-order valence-corrected chi connectivity index (χ0v) is 10.4. The van der Waals surface area contributed by atoms with Gasteiger partial charge in [0.15, 0.2) is 11.0 Å². The van der Waals surface area contributed by atoms with Gasteiger partial charge in [0.2, 0.25) is 0 Å². The highest BCUT2D eigenvalue weighted by Crippen LogP contribution is 2.21. The molecule has 0 bridgehead atoms. The maximum Gasteiger partial charge on any atom is 0.185 e. The van der Waals surface area contributed by atoms with Crippen LogP contribution in [0.4, 0.5) is 10.1 Å². The summed E-state index contributed by atoms with van der Waals surface area (Å²) < 4.78 is 13.4. The molecule has 7 heteroatoms. The average Bonchev–Trinajstić information content (AvgIpc) is 2.34. The third kappa shape index (κ3) is 4.56. The number of aromatic nitrogens is 1. The molecule has 5 nitrogen and oxygen atoms in total. The van der Waals surface area contributed by atoms with Gasteiger partial charge in [0.1, 0.15) is 0 Å². The van der Waals surface area contributed by atoms with Crippen molar-refractivity contribution in [1.82, 2.24) is 4.98 Å². The molecule has 1 heterocycles. The maximum atomic E-state index is 13.4. The van der Waals surface area contributed by atoms with Gasteiger partial charge in [0.25, 0.3) is 0 Å². The fourth-order valence-corrected chi connectivity index (χ4v) is 1.05. The second-order valence-electron chi connectivity index (χ2n) is 2.70. The number of halogens is 2. The van der Waals surface area contributed by atoms with Crippen molar-refractivity contribution < 1.29 is 9.50 Å². The summed E-state index contributed by atoms with van der Waals surface area (Å²) in [5.41, 5.74) is 5.44. The third-order valence-electron chi connectivity index (χ3n) is 1.59. The Kier molecular flexibility index (Phi) is 7.20. The van der Waals surface area contributed by atoms with Crippen molar-refractivity contribution in [2.75, 3.05) is 11.6 Å². The van der Waals surface area contributed by atoms with E-state index >= 15 is 0 Å². The van der Waals surface area contributed by atoms with Crippen LogP contribution in [0.1, 0.15) is 13.8 Å². The first-order chi connectivity index (χ1) is 8.06. The van der Waals surface area contributed by atoms with E-state index in [1.807, 2.05) is 13.8 Å². The number of hydrogen-bond acceptors (Lipinski definition) is 5. The summed E-state index contributed by atoms with van der Waals surface area (Å²) in [6.07, 6.45) is 2.50. The highest BCUT2D eigenvalue weighted by atomic mass is 35.5. The monoisotopic (exact) mass is 262 g/mol. The number of hydrogen-bond donors (Lipinski definition) is 3. The standard InChI is InChI=1S/C8H10ClFN4O.C2H6/c9-8-7(10)6(1-2-13-8)14(12)3-5(11)4-15;1-2/h1-3,15H,4,11-12H2;1-2H3/b5-3-;. The zero-order valence-electron chi connectivity index (χ0n) is 9.69. The fraction of sp³-hybridized carbons (Fsp3) is 0.300. The Morgan fingerprint density at radius 2 is 2.24 bits per heavy atom. The summed E-state index contributed by atoms with van der Waals surface area (Å²) in [5, 5.41) is 9.29. The van der Waals surface area contributed by atoms with E-state index in [9.17, 15) is 4.39 Å². The predicted octanol–water partition coefficient (Wildman–Crippen LogP) is 1.37. The summed E-state index contributed by atoms with van der Waals surface area (Å²) in [6.45, 7) is 3.63. The molecule has 0 unspecified atom stereocenters. The lowest BCUT2D eigenvalue weighted by molar-refractivity contribution is 0.329. The van der Waals surface area contributed by atoms with Crippen molar-refractivity contribution in [2.45, 2.75) is 13.8 Å². The smallest absolute Gasteiger partial charge is 0.185 e. The van der Waals surface area contributed by atoms with E-state index in [1.165, 1.54) is 18.5 Å². The van der Waals surface area contributed by atoms with Gasteiger partial charge >= 0.3 is 0 Å². The van der Waals surface area contributed by atoms with Gasteiger partial charge in [-0.3, -0.25) is 5.01 Å². The predicted molar refractivity (Wildman–Crippen MR) is 66.6 cm³/mol. The number of hydrazine groups is 1. The molecule has 0 fully saturated rings. The largest absolute Gasteiger partial charge is 0.399 e. The van der Waals surface area contributed by atoms with Crippen LogP contribution in [-0.2, 0) is 0 Å². The Morgan fingerprint density at radius 3 is 2.76 bits per heavy atom. The zero-order chi connectivity index (χ0) is 13.4. The van der Waals surface area contributed by atoms with E-state index < -0.39 is 5.82 Å². The van der Waals surface area contributed by atoms with E-state index in [4.69, 9.17) is 28.3 Å². The first-order valence-electron chi connectivity index (χ1n) is 4.97. The third-order valence-corrected chi connectivity index (χ3v) is 1.86. The Hall–Kier alpha value is -1.37. The molecule has 0 saturated carbocycles. The van der Waals surface area contributed by atoms with Crippen molar-refractivity contribution in [1.29, 1.82) is 0 Å². The lowest BCUT2D eigenvalue weighted by Gasteiger charge is -2.15. The number of aliphatic hydroxyl groups excluding tert-OH is 1. The van der Waals surface area contributed by atoms with Crippen LogP contribution < -0.4 is 16.6 Å². The Morgan fingerprint density at radius 1 is 1.65 bits per heavy atom. The van der Waals surface area contributed by atoms with Crippen LogP contribution in [-0.4, -0.2) is 16.7 Å². The highest BCUT2D eigenvalue weighted by Gasteiger charge is 2.10. The normalized spacial score (nSPS) is 10.6. The number of anilines is 1. The average molecular weight is 263 g/mol. The van der Waals surface area contributed by atoms with Crippen LogP contribution in [0.5, 0.6) is 0 Å². The summed E-state index contributed by atoms with van der Waals surface area (Å²) in [5.74, 6) is 4.73. The van der Waals surface area contributed by atoms with Gasteiger partial charge in [-0.05, 0) is 6.07 Å². The van der Waals surface area contributed by atoms with E-state index in [-0.39, 0.29) is 23.1 Å². The van der Waals surface area contributed by atoms with Gasteiger partial charge in [-0.2, -0.15) is 0 Å². The molecule has 1 rings (SSSR count). The maximum absolute atomic E-state index is 13.4. The molecule has 0 saturated heterocycles. The van der Waals surface area contributed by atoms with Crippen LogP contribution in [0, 0.1) is 5.82 Å². The van der Waals surface area contributed by atoms with E-state index in [2.05, 4.69) is 4.98 Å². The minimum atomic E-state index is -0.747. The van der Waals surface area contributed by atoms with Crippen LogP contribution in [0.25, 0.3) is 0 Å². The second kappa shape index (κ2) is 7.83. The molecule has 0 aliphatic carbocycles. The minimum absolute atomic E-state index is 0.0198. The van der Waals surface area contributed by atoms with Crippen molar-refractivity contribution in [3.05, 3.63) is 35.1 Å². The first-order valence-corrected chi connectivity index (χ1v) is 5.35. The molecule has 0 amide bonds. The van der Waals surface area contributed by atoms with Gasteiger partial charge in [-0.1, -0.05) is 25.4 Å². The summed E-state index contributed by atoms with van der Waals surface area (Å²) in [6, 6.07) is 1.34. The summed E-state index contributed by atoms with van der Waals surface area (Å²) in [4.78, 5) is 3.53. The quantitative estimate of drug-likeness (QED) is 0.435. The Bertz CT molecular complexity index is 387. The number of rotatable bonds is 3. The van der Waals surface area contributed by atoms with Gasteiger partial charge in [-0.25, -0.2) is 15.2 Å². The van der Waals surface area contributed by atoms with Crippen LogP contribution in [0.3, 0.4) is 0 Å². The number of pyridine rings is 1. The number of nitrogens with zero attached hydrogens (tertiary/aromatic N) is 2. The molecule has 0 radical (unpaired) electrons. The van der Waals surface area contributed by atoms with Crippen LogP contribution >= 0.6 is 11.6 Å². The molecule has 1 aromatic rings. The van der Waals surface area contributed by atoms with Gasteiger partial charge in [0.05, 0.1) is 18.0 Å². The topological polar surface area (TPSA) is 88.4 Å². The molecule has 0 aliphatic heterocycles. The molecule has 0 aromatic carbocycles. The lowest BCUT2D eigenvalue weighted by Crippen LogP contribution is -2.27. The molecule has 0 atom stereocenters. The van der Waals surface area contributed by atoms with Crippen molar-refractivity contribution >= 4 is 17.3 Å². The number of aliphatic hydroxyl groups is 1. The number of nitrogens with two attached hydrogens (primary N) is 2. The van der Waals surface area contributed by atoms with E-state index in [1.54, 1.807) is 0 Å². The van der Waals surface area contributed by atoms with Crippen LogP contribution in [0.15, 0.2) is 24.2 Å². The molecule has 96 valence electrons. The van der Waals surface area contributed by atoms with Crippen molar-refractivity contribution in [2.24, 2.45) is 11.6 Å². The highest BCUT2D eigenvalue weighted by molar-refractivity contribution is 6.29. The van der Waals surface area contributed by atoms with Crippen LogP contribution in [0.2, 0.25) is 5.15 Å². The van der Waals surface area contributed by atoms with E-state index in [0.717, 1.165) is 5.01 Å². The molecular weight excluding hydrogens is 247 g/mol. The van der Waals surface area contributed by atoms with E-state index in [0.29, 0.717) is 0 Å². The minimum Gasteiger partial charge on any atom is -0.399 e. The van der Waals surface area contributed by atoms with Crippen molar-refractivity contribution in [3.8, 4) is 0 Å². The van der Waals surface area contributed by atoms with Crippen molar-refractivity contribution in [3.63, 3.8) is 0 Å². The van der Waals surface area contributed by atoms with Gasteiger partial charge < -0.3 is 10.8 Å². The van der Waals surface area contributed by atoms with Gasteiger partial charge in [0, 0.05) is 12.4 Å². The second-order valence-corrected chi connectivity index (χ2v) is 3.06. The molecule has 17 heavy (non-hydrogen) atoms. The molecule has 1 aromatic heterocycles.